The molecule has 0 aliphatic carbocycles. The second-order valence-corrected chi connectivity index (χ2v) is 3.98. The number of hydrogen-bond donors (Lipinski definition) is 0. The van der Waals surface area contributed by atoms with Crippen molar-refractivity contribution in [2.75, 3.05) is 6.61 Å². The molecule has 62 valence electrons. The maximum atomic E-state index is 8.42. The summed E-state index contributed by atoms with van der Waals surface area (Å²) in [5.74, 6) is 0. The summed E-state index contributed by atoms with van der Waals surface area (Å²) in [6, 6.07) is 0. The maximum absolute atomic E-state index is 8.42. The Hall–Kier alpha value is -0.200. The highest BCUT2D eigenvalue weighted by atomic mass is 32.2. The largest absolute Gasteiger partial charge is 0.377 e. The third-order valence-corrected chi connectivity index (χ3v) is 2.76. The van der Waals surface area contributed by atoms with Crippen molar-refractivity contribution in [1.29, 1.82) is 5.26 Å². The van der Waals surface area contributed by atoms with Crippen molar-refractivity contribution in [1.82, 2.24) is 0 Å². The van der Waals surface area contributed by atoms with Gasteiger partial charge in [0.15, 0.2) is 0 Å². The topological polar surface area (TPSA) is 33.0 Å². The molecule has 0 unspecified atom stereocenters. The smallest absolute Gasteiger partial charge is 0.133 e. The minimum atomic E-state index is 0.313. The van der Waals surface area contributed by atoms with Crippen LogP contribution in [-0.2, 0) is 4.74 Å². The summed E-state index contributed by atoms with van der Waals surface area (Å²) >= 11 is 1.32. The molecule has 1 heterocycles. The van der Waals surface area contributed by atoms with E-state index in [0.717, 1.165) is 13.0 Å². The summed E-state index contributed by atoms with van der Waals surface area (Å²) in [5.41, 5.74) is 0. The van der Waals surface area contributed by atoms with Gasteiger partial charge in [0, 0.05) is 11.9 Å². The molecule has 1 fully saturated rings. The number of hydrogen-bond acceptors (Lipinski definition) is 3. The molecule has 0 aromatic rings. The Kier molecular flexibility index (Phi) is 3.74. The van der Waals surface area contributed by atoms with E-state index in [9.17, 15) is 0 Å². The lowest BCUT2D eigenvalue weighted by atomic mass is 10.1. The summed E-state index contributed by atoms with van der Waals surface area (Å²) in [5, 5.41) is 10.9. The van der Waals surface area contributed by atoms with Crippen molar-refractivity contribution >= 4 is 11.8 Å². The fourth-order valence-corrected chi connectivity index (χ4v) is 1.83. The Morgan fingerprint density at radius 1 is 1.64 bits per heavy atom. The third-order valence-electron chi connectivity index (χ3n) is 1.98. The van der Waals surface area contributed by atoms with E-state index < -0.39 is 0 Å². The van der Waals surface area contributed by atoms with Gasteiger partial charge in [-0.1, -0.05) is 0 Å². The zero-order valence-corrected chi connectivity index (χ0v) is 7.56. The highest BCUT2D eigenvalue weighted by Gasteiger charge is 2.20. The summed E-state index contributed by atoms with van der Waals surface area (Å²) in [4.78, 5) is 0. The van der Waals surface area contributed by atoms with Gasteiger partial charge in [-0.15, -0.1) is 0 Å². The van der Waals surface area contributed by atoms with Crippen LogP contribution >= 0.6 is 11.8 Å². The molecule has 0 spiro atoms. The summed E-state index contributed by atoms with van der Waals surface area (Å²) in [6.07, 6.45) is 3.87. The van der Waals surface area contributed by atoms with E-state index in [1.165, 1.54) is 24.6 Å². The van der Waals surface area contributed by atoms with Crippen molar-refractivity contribution in [2.45, 2.75) is 37.5 Å². The minimum absolute atomic E-state index is 0.313. The molecule has 1 rings (SSSR count). The van der Waals surface area contributed by atoms with Crippen LogP contribution in [0.15, 0.2) is 0 Å². The SMILES string of the molecule is C[C@@H](SC#N)[C@@H]1CCCCO1. The number of rotatable bonds is 2. The van der Waals surface area contributed by atoms with Crippen LogP contribution in [0.5, 0.6) is 0 Å². The van der Waals surface area contributed by atoms with Crippen molar-refractivity contribution < 1.29 is 4.74 Å². The molecule has 2 nitrogen and oxygen atoms in total. The van der Waals surface area contributed by atoms with Gasteiger partial charge in [0.05, 0.1) is 6.10 Å². The Balaban J connectivity index is 2.27. The molecule has 1 aliphatic heterocycles. The fourth-order valence-electron chi connectivity index (χ4n) is 1.29. The normalized spacial score (nSPS) is 27.5. The van der Waals surface area contributed by atoms with Gasteiger partial charge in [-0.25, -0.2) is 0 Å². The zero-order valence-electron chi connectivity index (χ0n) is 6.75. The predicted octanol–water partition coefficient (Wildman–Crippen LogP) is 2.16. The van der Waals surface area contributed by atoms with Gasteiger partial charge in [-0.2, -0.15) is 5.26 Å². The van der Waals surface area contributed by atoms with Crippen molar-refractivity contribution in [3.8, 4) is 5.40 Å². The van der Waals surface area contributed by atoms with Crippen LogP contribution in [0, 0.1) is 10.7 Å². The van der Waals surface area contributed by atoms with Gasteiger partial charge in [-0.3, -0.25) is 0 Å². The van der Waals surface area contributed by atoms with Crippen LogP contribution in [0.1, 0.15) is 26.2 Å². The summed E-state index contributed by atoms with van der Waals surface area (Å²) in [6.45, 7) is 2.94. The molecule has 3 heteroatoms. The number of thiocyanates is 1. The molecule has 1 aliphatic rings. The minimum Gasteiger partial charge on any atom is -0.377 e. The number of nitriles is 1. The lowest BCUT2D eigenvalue weighted by Gasteiger charge is -2.25. The van der Waals surface area contributed by atoms with Gasteiger partial charge in [0.1, 0.15) is 5.40 Å². The molecule has 0 aromatic carbocycles. The number of nitrogens with zero attached hydrogens (tertiary/aromatic N) is 1. The molecule has 0 aromatic heterocycles. The van der Waals surface area contributed by atoms with Gasteiger partial charge in [0.2, 0.25) is 0 Å². The molecule has 0 saturated carbocycles. The second-order valence-electron chi connectivity index (χ2n) is 2.82. The third kappa shape index (κ3) is 2.72. The van der Waals surface area contributed by atoms with Gasteiger partial charge < -0.3 is 4.74 Å². The molecule has 11 heavy (non-hydrogen) atoms. The molecule has 0 N–H and O–H groups in total. The van der Waals surface area contributed by atoms with Crippen LogP contribution in [0.4, 0.5) is 0 Å². The first kappa shape index (κ1) is 8.89. The van der Waals surface area contributed by atoms with Crippen LogP contribution in [0.25, 0.3) is 0 Å². The first-order valence-electron chi connectivity index (χ1n) is 4.01. The van der Waals surface area contributed by atoms with Gasteiger partial charge >= 0.3 is 0 Å². The quantitative estimate of drug-likeness (QED) is 0.597. The Morgan fingerprint density at radius 2 is 2.45 bits per heavy atom. The van der Waals surface area contributed by atoms with E-state index in [0.29, 0.717) is 11.4 Å². The van der Waals surface area contributed by atoms with Crippen LogP contribution in [0.2, 0.25) is 0 Å². The molecular formula is C8H13NOS. The fraction of sp³-hybridized carbons (Fsp3) is 0.875. The number of thioether (sulfide) groups is 1. The van der Waals surface area contributed by atoms with E-state index in [2.05, 4.69) is 12.3 Å². The van der Waals surface area contributed by atoms with E-state index in [1.807, 2.05) is 0 Å². The summed E-state index contributed by atoms with van der Waals surface area (Å²) < 4.78 is 5.52. The van der Waals surface area contributed by atoms with Gasteiger partial charge in [-0.05, 0) is 37.9 Å². The standard InChI is InChI=1S/C8H13NOS/c1-7(11-6-9)8-4-2-3-5-10-8/h7-8H,2-5H2,1H3/t7-,8+/m1/s1. The van der Waals surface area contributed by atoms with E-state index in [4.69, 9.17) is 10.00 Å². The highest BCUT2D eigenvalue weighted by molar-refractivity contribution is 8.04. The van der Waals surface area contributed by atoms with Crippen LogP contribution in [-0.4, -0.2) is 18.0 Å². The van der Waals surface area contributed by atoms with E-state index in [-0.39, 0.29) is 0 Å². The Morgan fingerprint density at radius 3 is 3.00 bits per heavy atom. The summed E-state index contributed by atoms with van der Waals surface area (Å²) in [7, 11) is 0. The molecule has 2 atom stereocenters. The van der Waals surface area contributed by atoms with E-state index in [1.54, 1.807) is 0 Å². The van der Waals surface area contributed by atoms with Gasteiger partial charge in [0.25, 0.3) is 0 Å². The van der Waals surface area contributed by atoms with Crippen LogP contribution in [0.3, 0.4) is 0 Å². The highest BCUT2D eigenvalue weighted by Crippen LogP contribution is 2.23. The van der Waals surface area contributed by atoms with Crippen molar-refractivity contribution in [3.05, 3.63) is 0 Å². The molecule has 0 bridgehead atoms. The molecule has 1 saturated heterocycles. The lowest BCUT2D eigenvalue weighted by molar-refractivity contribution is 0.0179. The average Bonchev–Trinajstić information content (AvgIpc) is 2.07. The molecule has 0 radical (unpaired) electrons. The Bertz CT molecular complexity index is 149. The average molecular weight is 171 g/mol. The Labute approximate surface area is 71.9 Å². The van der Waals surface area contributed by atoms with Crippen molar-refractivity contribution in [3.63, 3.8) is 0 Å². The molecule has 0 amide bonds. The lowest BCUT2D eigenvalue weighted by Crippen LogP contribution is -2.27. The monoisotopic (exact) mass is 171 g/mol. The maximum Gasteiger partial charge on any atom is 0.133 e. The molecular weight excluding hydrogens is 158 g/mol. The second kappa shape index (κ2) is 4.63. The van der Waals surface area contributed by atoms with E-state index >= 15 is 0 Å². The first-order chi connectivity index (χ1) is 5.34. The van der Waals surface area contributed by atoms with Crippen molar-refractivity contribution in [2.24, 2.45) is 0 Å². The predicted molar refractivity (Wildman–Crippen MR) is 46.3 cm³/mol. The van der Waals surface area contributed by atoms with Crippen LogP contribution < -0.4 is 0 Å². The zero-order chi connectivity index (χ0) is 8.10. The first-order valence-corrected chi connectivity index (χ1v) is 4.89. The number of ether oxygens (including phenoxy) is 1.